The average molecular weight is 232 g/mol. The summed E-state index contributed by atoms with van der Waals surface area (Å²) in [7, 11) is 1.28. The normalized spacial score (nSPS) is 12.1. The van der Waals surface area contributed by atoms with Crippen molar-refractivity contribution >= 4 is 11.9 Å². The molecular weight excluding hydrogens is 212 g/mol. The third-order valence-corrected chi connectivity index (χ3v) is 2.13. The van der Waals surface area contributed by atoms with Crippen LogP contribution in [0.15, 0.2) is 0 Å². The Bertz CT molecular complexity index is 214. The van der Waals surface area contributed by atoms with Gasteiger partial charge in [0, 0.05) is 6.61 Å². The lowest BCUT2D eigenvalue weighted by Gasteiger charge is -2.14. The molecule has 16 heavy (non-hydrogen) atoms. The molecule has 94 valence electrons. The van der Waals surface area contributed by atoms with Crippen molar-refractivity contribution in [2.24, 2.45) is 0 Å². The minimum absolute atomic E-state index is 0.00503. The molecule has 0 aromatic rings. The van der Waals surface area contributed by atoms with Crippen LogP contribution < -0.4 is 0 Å². The van der Waals surface area contributed by atoms with Crippen LogP contribution in [-0.4, -0.2) is 36.9 Å². The Morgan fingerprint density at radius 1 is 1.25 bits per heavy atom. The first-order chi connectivity index (χ1) is 7.60. The van der Waals surface area contributed by atoms with Crippen LogP contribution in [0.2, 0.25) is 0 Å². The van der Waals surface area contributed by atoms with Crippen molar-refractivity contribution in [3.8, 4) is 0 Å². The summed E-state index contributed by atoms with van der Waals surface area (Å²) >= 11 is 0. The molecule has 0 aliphatic carbocycles. The van der Waals surface area contributed by atoms with E-state index in [2.05, 4.69) is 11.7 Å². The Morgan fingerprint density at radius 3 is 2.44 bits per heavy atom. The fraction of sp³-hybridized carbons (Fsp3) is 0.818. The smallest absolute Gasteiger partial charge is 0.308 e. The first-order valence-electron chi connectivity index (χ1n) is 5.50. The lowest BCUT2D eigenvalue weighted by Crippen LogP contribution is -2.22. The van der Waals surface area contributed by atoms with Crippen LogP contribution in [0, 0.1) is 0 Å². The lowest BCUT2D eigenvalue weighted by molar-refractivity contribution is -0.146. The zero-order valence-electron chi connectivity index (χ0n) is 9.90. The molecule has 0 aromatic carbocycles. The highest BCUT2D eigenvalue weighted by Gasteiger charge is 2.18. The standard InChI is InChI=1S/C11H20O5/c1-3-4-5-6-16-9(7-10(12)13)8-11(14)15-2/h9H,3-8H2,1-2H3,(H,12,13). The minimum atomic E-state index is -0.968. The van der Waals surface area contributed by atoms with Gasteiger partial charge in [-0.15, -0.1) is 0 Å². The number of methoxy groups -OCH3 is 1. The molecule has 0 bridgehead atoms. The van der Waals surface area contributed by atoms with Gasteiger partial charge in [0.2, 0.25) is 0 Å². The number of carboxylic acid groups (broad SMARTS) is 1. The summed E-state index contributed by atoms with van der Waals surface area (Å²) in [4.78, 5) is 21.5. The monoisotopic (exact) mass is 232 g/mol. The summed E-state index contributed by atoms with van der Waals surface area (Å²) in [5, 5.41) is 8.64. The molecule has 1 atom stereocenters. The van der Waals surface area contributed by atoms with Crippen LogP contribution in [0.3, 0.4) is 0 Å². The molecule has 0 saturated carbocycles. The number of ether oxygens (including phenoxy) is 2. The topological polar surface area (TPSA) is 72.8 Å². The highest BCUT2D eigenvalue weighted by Crippen LogP contribution is 2.07. The predicted molar refractivity (Wildman–Crippen MR) is 58.2 cm³/mol. The van der Waals surface area contributed by atoms with E-state index in [9.17, 15) is 9.59 Å². The molecule has 0 saturated heterocycles. The first kappa shape index (κ1) is 14.9. The SMILES string of the molecule is CCCCCOC(CC(=O)O)CC(=O)OC. The van der Waals surface area contributed by atoms with E-state index in [4.69, 9.17) is 9.84 Å². The van der Waals surface area contributed by atoms with Gasteiger partial charge in [0.25, 0.3) is 0 Å². The Balaban J connectivity index is 3.90. The van der Waals surface area contributed by atoms with Crippen molar-refractivity contribution in [1.29, 1.82) is 0 Å². The summed E-state index contributed by atoms with van der Waals surface area (Å²) < 4.78 is 9.82. The Morgan fingerprint density at radius 2 is 1.94 bits per heavy atom. The number of unbranched alkanes of at least 4 members (excludes halogenated alkanes) is 2. The third kappa shape index (κ3) is 8.23. The van der Waals surface area contributed by atoms with E-state index in [0.717, 1.165) is 19.3 Å². The van der Waals surface area contributed by atoms with Crippen molar-refractivity contribution in [3.05, 3.63) is 0 Å². The molecule has 1 N–H and O–H groups in total. The predicted octanol–water partition coefficient (Wildman–Crippen LogP) is 1.60. The van der Waals surface area contributed by atoms with Crippen LogP contribution >= 0.6 is 0 Å². The molecule has 0 aromatic heterocycles. The number of carbonyl (C=O) groups is 2. The van der Waals surface area contributed by atoms with Gasteiger partial charge in [0.05, 0.1) is 26.1 Å². The van der Waals surface area contributed by atoms with Gasteiger partial charge in [-0.2, -0.15) is 0 Å². The molecule has 0 fully saturated rings. The number of hydrogen-bond donors (Lipinski definition) is 1. The summed E-state index contributed by atoms with van der Waals surface area (Å²) in [5.74, 6) is -1.41. The van der Waals surface area contributed by atoms with Crippen LogP contribution in [0.1, 0.15) is 39.0 Å². The summed E-state index contributed by atoms with van der Waals surface area (Å²) in [6, 6.07) is 0. The molecule has 5 nitrogen and oxygen atoms in total. The van der Waals surface area contributed by atoms with Crippen molar-refractivity contribution in [3.63, 3.8) is 0 Å². The van der Waals surface area contributed by atoms with E-state index in [1.807, 2.05) is 0 Å². The Kier molecular flexibility index (Phi) is 8.52. The van der Waals surface area contributed by atoms with Crippen LogP contribution in [-0.2, 0) is 19.1 Å². The lowest BCUT2D eigenvalue weighted by atomic mass is 10.2. The number of rotatable bonds is 9. The fourth-order valence-electron chi connectivity index (χ4n) is 1.26. The second-order valence-electron chi connectivity index (χ2n) is 3.58. The Labute approximate surface area is 95.7 Å². The van der Waals surface area contributed by atoms with Gasteiger partial charge >= 0.3 is 11.9 Å². The molecule has 1 unspecified atom stereocenters. The van der Waals surface area contributed by atoms with Gasteiger partial charge in [0.1, 0.15) is 0 Å². The molecule has 0 aliphatic rings. The van der Waals surface area contributed by atoms with Gasteiger partial charge in [-0.1, -0.05) is 19.8 Å². The van der Waals surface area contributed by atoms with E-state index in [1.54, 1.807) is 0 Å². The second kappa shape index (κ2) is 9.15. The number of carbonyl (C=O) groups excluding carboxylic acids is 1. The van der Waals surface area contributed by atoms with Gasteiger partial charge in [-0.05, 0) is 6.42 Å². The van der Waals surface area contributed by atoms with E-state index < -0.39 is 18.0 Å². The van der Waals surface area contributed by atoms with E-state index >= 15 is 0 Å². The second-order valence-corrected chi connectivity index (χ2v) is 3.58. The maximum atomic E-state index is 11.0. The summed E-state index contributed by atoms with van der Waals surface area (Å²) in [5.41, 5.74) is 0. The van der Waals surface area contributed by atoms with Crippen molar-refractivity contribution in [2.75, 3.05) is 13.7 Å². The Hall–Kier alpha value is -1.10. The van der Waals surface area contributed by atoms with Crippen molar-refractivity contribution < 1.29 is 24.2 Å². The molecule has 0 heterocycles. The fourth-order valence-corrected chi connectivity index (χ4v) is 1.26. The molecule has 0 amide bonds. The van der Waals surface area contributed by atoms with Crippen molar-refractivity contribution in [1.82, 2.24) is 0 Å². The van der Waals surface area contributed by atoms with Gasteiger partial charge in [-0.25, -0.2) is 0 Å². The zero-order valence-corrected chi connectivity index (χ0v) is 9.90. The number of esters is 1. The average Bonchev–Trinajstić information content (AvgIpc) is 2.23. The molecule has 0 radical (unpaired) electrons. The van der Waals surface area contributed by atoms with E-state index in [1.165, 1.54) is 7.11 Å². The summed E-state index contributed by atoms with van der Waals surface area (Å²) in [6.07, 6.45) is 2.24. The van der Waals surface area contributed by atoms with Crippen LogP contribution in [0.4, 0.5) is 0 Å². The zero-order chi connectivity index (χ0) is 12.4. The maximum absolute atomic E-state index is 11.0. The van der Waals surface area contributed by atoms with Gasteiger partial charge in [0.15, 0.2) is 0 Å². The number of carboxylic acids is 1. The van der Waals surface area contributed by atoms with E-state index in [-0.39, 0.29) is 12.8 Å². The highest BCUT2D eigenvalue weighted by atomic mass is 16.5. The maximum Gasteiger partial charge on any atom is 0.308 e. The van der Waals surface area contributed by atoms with Gasteiger partial charge in [-0.3, -0.25) is 9.59 Å². The number of hydrogen-bond acceptors (Lipinski definition) is 4. The minimum Gasteiger partial charge on any atom is -0.481 e. The molecule has 0 spiro atoms. The van der Waals surface area contributed by atoms with Crippen molar-refractivity contribution in [2.45, 2.75) is 45.1 Å². The highest BCUT2D eigenvalue weighted by molar-refractivity contribution is 5.72. The molecule has 0 rings (SSSR count). The van der Waals surface area contributed by atoms with E-state index in [0.29, 0.717) is 6.61 Å². The first-order valence-corrected chi connectivity index (χ1v) is 5.50. The van der Waals surface area contributed by atoms with Crippen LogP contribution in [0.25, 0.3) is 0 Å². The van der Waals surface area contributed by atoms with Gasteiger partial charge < -0.3 is 14.6 Å². The van der Waals surface area contributed by atoms with Crippen LogP contribution in [0.5, 0.6) is 0 Å². The number of aliphatic carboxylic acids is 1. The third-order valence-electron chi connectivity index (χ3n) is 2.13. The molecule has 5 heteroatoms. The summed E-state index contributed by atoms with van der Waals surface area (Å²) in [6.45, 7) is 2.56. The molecule has 0 aliphatic heterocycles. The quantitative estimate of drug-likeness (QED) is 0.483. The molecular formula is C11H20O5. The largest absolute Gasteiger partial charge is 0.481 e.